The van der Waals surface area contributed by atoms with Gasteiger partial charge in [-0.2, -0.15) is 0 Å². The third-order valence-corrected chi connectivity index (χ3v) is 9.70. The van der Waals surface area contributed by atoms with Crippen molar-refractivity contribution in [1.82, 2.24) is 25.2 Å². The molecule has 3 aromatic carbocycles. The van der Waals surface area contributed by atoms with Crippen LogP contribution in [0.25, 0.3) is 0 Å². The number of carbonyl (C=O) groups is 2. The zero-order chi connectivity index (χ0) is 32.7. The monoisotopic (exact) mass is 669 g/mol. The SMILES string of the molecule is CS(=O)(=O)NCCCC(c1ccccc1F)N1CCN(C(=O)C(Cc2ccc(Cl)cc2)NC(=O)[C@H]2Cc3ccccc3CN2)CC1. The molecule has 9 nitrogen and oxygen atoms in total. The zero-order valence-corrected chi connectivity index (χ0v) is 27.5. The van der Waals surface area contributed by atoms with E-state index in [1.165, 1.54) is 11.6 Å². The lowest BCUT2D eigenvalue weighted by Crippen LogP contribution is -2.58. The molecular formula is C34H41ClFN5O4S. The van der Waals surface area contributed by atoms with Crippen LogP contribution in [0.1, 0.15) is 41.1 Å². The molecule has 0 radical (unpaired) electrons. The van der Waals surface area contributed by atoms with E-state index in [4.69, 9.17) is 11.6 Å². The predicted octanol–water partition coefficient (Wildman–Crippen LogP) is 3.44. The second-order valence-corrected chi connectivity index (χ2v) is 14.3. The Morgan fingerprint density at radius 1 is 0.978 bits per heavy atom. The van der Waals surface area contributed by atoms with E-state index in [1.807, 2.05) is 36.4 Å². The zero-order valence-electron chi connectivity index (χ0n) is 25.9. The van der Waals surface area contributed by atoms with Crippen LogP contribution in [0.5, 0.6) is 0 Å². The summed E-state index contributed by atoms with van der Waals surface area (Å²) in [6.45, 7) is 2.68. The van der Waals surface area contributed by atoms with Crippen LogP contribution in [0.15, 0.2) is 72.8 Å². The van der Waals surface area contributed by atoms with Crippen molar-refractivity contribution < 1.29 is 22.4 Å². The van der Waals surface area contributed by atoms with E-state index in [9.17, 15) is 22.4 Å². The van der Waals surface area contributed by atoms with Crippen LogP contribution in [-0.2, 0) is 39.0 Å². The van der Waals surface area contributed by atoms with Crippen molar-refractivity contribution in [1.29, 1.82) is 0 Å². The number of benzene rings is 3. The number of nitrogens with zero attached hydrogens (tertiary/aromatic N) is 2. The van der Waals surface area contributed by atoms with Crippen LogP contribution in [0.3, 0.4) is 0 Å². The minimum Gasteiger partial charge on any atom is -0.343 e. The molecule has 3 N–H and O–H groups in total. The fraction of sp³-hybridized carbons (Fsp3) is 0.412. The summed E-state index contributed by atoms with van der Waals surface area (Å²) in [5.41, 5.74) is 3.72. The van der Waals surface area contributed by atoms with Crippen LogP contribution in [0, 0.1) is 5.82 Å². The Labute approximate surface area is 275 Å². The standard InChI is InChI=1S/C34H41ClFN5O4S/c1-46(44,45)38-16-6-11-32(28-9-4-5-10-29(28)36)40-17-19-41(20-18-40)34(43)31(21-24-12-14-27(35)15-13-24)39-33(42)30-22-25-7-2-3-8-26(25)23-37-30/h2-5,7-10,12-15,30-32,37-38H,6,11,16-23H2,1H3,(H,39,42)/t30-,31?,32?/m1/s1. The molecule has 0 aliphatic carbocycles. The summed E-state index contributed by atoms with van der Waals surface area (Å²) in [7, 11) is -3.32. The summed E-state index contributed by atoms with van der Waals surface area (Å²) < 4.78 is 40.5. The van der Waals surface area contributed by atoms with Gasteiger partial charge >= 0.3 is 0 Å². The third kappa shape index (κ3) is 9.13. The lowest BCUT2D eigenvalue weighted by atomic mass is 9.95. The van der Waals surface area contributed by atoms with Crippen LogP contribution < -0.4 is 15.4 Å². The largest absolute Gasteiger partial charge is 0.343 e. The minimum absolute atomic E-state index is 0.168. The van der Waals surface area contributed by atoms with Crippen LogP contribution in [0.2, 0.25) is 5.02 Å². The molecule has 12 heteroatoms. The fourth-order valence-electron chi connectivity index (χ4n) is 6.28. The normalized spacial score (nSPS) is 18.4. The van der Waals surface area contributed by atoms with E-state index in [2.05, 4.69) is 20.3 Å². The average Bonchev–Trinajstić information content (AvgIpc) is 3.05. The molecular weight excluding hydrogens is 629 g/mol. The number of rotatable bonds is 12. The van der Waals surface area contributed by atoms with Gasteiger partial charge in [0.25, 0.3) is 0 Å². The summed E-state index contributed by atoms with van der Waals surface area (Å²) >= 11 is 6.10. The first kappa shape index (κ1) is 34.0. The molecule has 2 amide bonds. The maximum absolute atomic E-state index is 14.9. The highest BCUT2D eigenvalue weighted by atomic mass is 35.5. The first-order valence-corrected chi connectivity index (χ1v) is 17.9. The molecule has 46 heavy (non-hydrogen) atoms. The molecule has 2 aliphatic heterocycles. The molecule has 2 unspecified atom stereocenters. The van der Waals surface area contributed by atoms with Gasteiger partial charge in [-0.1, -0.05) is 66.2 Å². The number of hydrogen-bond donors (Lipinski definition) is 3. The van der Waals surface area contributed by atoms with E-state index < -0.39 is 22.1 Å². The average molecular weight is 670 g/mol. The molecule has 1 fully saturated rings. The Morgan fingerprint density at radius 2 is 1.65 bits per heavy atom. The maximum Gasteiger partial charge on any atom is 0.245 e. The highest BCUT2D eigenvalue weighted by Crippen LogP contribution is 2.29. The molecule has 0 saturated carbocycles. The van der Waals surface area contributed by atoms with Gasteiger partial charge in [-0.3, -0.25) is 14.5 Å². The first-order chi connectivity index (χ1) is 22.1. The number of nitrogens with one attached hydrogen (secondary N) is 3. The van der Waals surface area contributed by atoms with Crippen molar-refractivity contribution >= 4 is 33.4 Å². The smallest absolute Gasteiger partial charge is 0.245 e. The number of fused-ring (bicyclic) bond motifs is 1. The van der Waals surface area contributed by atoms with Gasteiger partial charge in [0.05, 0.1) is 12.3 Å². The van der Waals surface area contributed by atoms with Crippen LogP contribution in [-0.4, -0.2) is 81.1 Å². The highest BCUT2D eigenvalue weighted by Gasteiger charge is 2.34. The molecule has 0 spiro atoms. The van der Waals surface area contributed by atoms with Crippen molar-refractivity contribution in [2.75, 3.05) is 39.0 Å². The van der Waals surface area contributed by atoms with Gasteiger partial charge in [0.2, 0.25) is 21.8 Å². The molecule has 2 heterocycles. The Hall–Kier alpha value is -3.35. The van der Waals surface area contributed by atoms with Crippen molar-refractivity contribution in [2.45, 2.75) is 50.4 Å². The molecule has 5 rings (SSSR count). The molecule has 1 saturated heterocycles. The Balaban J connectivity index is 1.26. The molecule has 246 valence electrons. The fourth-order valence-corrected chi connectivity index (χ4v) is 6.92. The number of sulfonamides is 1. The van der Waals surface area contributed by atoms with E-state index in [0.717, 1.165) is 17.4 Å². The minimum atomic E-state index is -3.32. The van der Waals surface area contributed by atoms with Gasteiger partial charge in [-0.15, -0.1) is 0 Å². The number of piperazine rings is 1. The molecule has 3 atom stereocenters. The van der Waals surface area contributed by atoms with E-state index >= 15 is 0 Å². The van der Waals surface area contributed by atoms with Crippen molar-refractivity contribution in [3.63, 3.8) is 0 Å². The van der Waals surface area contributed by atoms with Crippen LogP contribution >= 0.6 is 11.6 Å². The molecule has 0 aromatic heterocycles. The number of amides is 2. The molecule has 2 aliphatic rings. The summed E-state index contributed by atoms with van der Waals surface area (Å²) in [5, 5.41) is 6.95. The van der Waals surface area contributed by atoms with E-state index in [-0.39, 0.29) is 30.2 Å². The van der Waals surface area contributed by atoms with Crippen molar-refractivity contribution in [3.05, 3.63) is 106 Å². The topological polar surface area (TPSA) is 111 Å². The lowest BCUT2D eigenvalue weighted by molar-refractivity contribution is -0.138. The van der Waals surface area contributed by atoms with Gasteiger partial charge in [0, 0.05) is 62.3 Å². The van der Waals surface area contributed by atoms with Crippen molar-refractivity contribution in [2.24, 2.45) is 0 Å². The van der Waals surface area contributed by atoms with Gasteiger partial charge in [-0.05, 0) is 54.2 Å². The van der Waals surface area contributed by atoms with Crippen molar-refractivity contribution in [3.8, 4) is 0 Å². The third-order valence-electron chi connectivity index (χ3n) is 8.72. The predicted molar refractivity (Wildman–Crippen MR) is 177 cm³/mol. The van der Waals surface area contributed by atoms with Gasteiger partial charge in [0.1, 0.15) is 11.9 Å². The number of hydrogen-bond acceptors (Lipinski definition) is 6. The number of halogens is 2. The van der Waals surface area contributed by atoms with Gasteiger partial charge in [0.15, 0.2) is 0 Å². The Bertz CT molecular complexity index is 1620. The quantitative estimate of drug-likeness (QED) is 0.255. The maximum atomic E-state index is 14.9. The van der Waals surface area contributed by atoms with Gasteiger partial charge < -0.3 is 15.5 Å². The summed E-state index contributed by atoms with van der Waals surface area (Å²) in [5.74, 6) is -0.700. The van der Waals surface area contributed by atoms with E-state index in [0.29, 0.717) is 69.0 Å². The number of carbonyl (C=O) groups excluding carboxylic acids is 2. The van der Waals surface area contributed by atoms with E-state index in [1.54, 1.807) is 35.2 Å². The Kier molecular flexibility index (Phi) is 11.5. The summed E-state index contributed by atoms with van der Waals surface area (Å²) in [6.07, 6.45) is 3.05. The lowest BCUT2D eigenvalue weighted by Gasteiger charge is -2.41. The molecule has 3 aromatic rings. The summed E-state index contributed by atoms with van der Waals surface area (Å²) in [4.78, 5) is 31.4. The summed E-state index contributed by atoms with van der Waals surface area (Å²) in [6, 6.07) is 20.4. The Morgan fingerprint density at radius 3 is 2.35 bits per heavy atom. The highest BCUT2D eigenvalue weighted by molar-refractivity contribution is 7.88. The second-order valence-electron chi connectivity index (χ2n) is 12.0. The van der Waals surface area contributed by atoms with Crippen LogP contribution in [0.4, 0.5) is 4.39 Å². The van der Waals surface area contributed by atoms with Gasteiger partial charge in [-0.25, -0.2) is 17.5 Å². The first-order valence-electron chi connectivity index (χ1n) is 15.6. The molecule has 0 bridgehead atoms. The second kappa shape index (κ2) is 15.5.